The second kappa shape index (κ2) is 8.19. The van der Waals surface area contributed by atoms with Gasteiger partial charge < -0.3 is 19.9 Å². The molecule has 2 heterocycles. The summed E-state index contributed by atoms with van der Waals surface area (Å²) in [5.41, 5.74) is 4.89. The number of carbonyl (C=O) groups excluding carboxylic acids is 1. The predicted molar refractivity (Wildman–Crippen MR) is 118 cm³/mol. The predicted octanol–water partition coefficient (Wildman–Crippen LogP) is 3.17. The van der Waals surface area contributed by atoms with Crippen LogP contribution in [0, 0.1) is 12.8 Å². The number of aryl methyl sites for hydroxylation is 1. The quantitative estimate of drug-likeness (QED) is 0.796. The van der Waals surface area contributed by atoms with E-state index in [-0.39, 0.29) is 17.9 Å². The Morgan fingerprint density at radius 3 is 2.76 bits per heavy atom. The van der Waals surface area contributed by atoms with Crippen molar-refractivity contribution in [3.8, 4) is 5.75 Å². The fourth-order valence-electron chi connectivity index (χ4n) is 4.50. The van der Waals surface area contributed by atoms with Crippen LogP contribution in [-0.2, 0) is 11.2 Å². The van der Waals surface area contributed by atoms with E-state index in [0.717, 1.165) is 31.8 Å². The van der Waals surface area contributed by atoms with Crippen LogP contribution in [0.2, 0.25) is 0 Å². The Bertz CT molecular complexity index is 893. The van der Waals surface area contributed by atoms with Gasteiger partial charge in [-0.2, -0.15) is 0 Å². The molecule has 0 saturated carbocycles. The first-order valence-electron chi connectivity index (χ1n) is 10.2. The smallest absolute Gasteiger partial charge is 0.225 e. The summed E-state index contributed by atoms with van der Waals surface area (Å²) in [6.45, 7) is 8.96. The maximum atomic E-state index is 13.0. The number of carbonyl (C=O) groups is 1. The SMILES string of the molecule is C=CCNC(=O)[C@@H]1Cc2ccc(OC)cc2N2CCN(c3ccc(C)cc3)C[C@@H]12. The third kappa shape index (κ3) is 3.82. The number of nitrogens with one attached hydrogen (secondary N) is 1. The van der Waals surface area contributed by atoms with Crippen molar-refractivity contribution in [3.05, 3.63) is 66.2 Å². The van der Waals surface area contributed by atoms with Crippen molar-refractivity contribution in [2.45, 2.75) is 19.4 Å². The Kier molecular flexibility index (Phi) is 5.47. The van der Waals surface area contributed by atoms with Gasteiger partial charge in [-0.1, -0.05) is 29.8 Å². The minimum atomic E-state index is -0.0934. The van der Waals surface area contributed by atoms with Crippen LogP contribution in [0.1, 0.15) is 11.1 Å². The van der Waals surface area contributed by atoms with Crippen molar-refractivity contribution in [2.75, 3.05) is 43.1 Å². The van der Waals surface area contributed by atoms with Gasteiger partial charge in [0, 0.05) is 43.6 Å². The van der Waals surface area contributed by atoms with E-state index < -0.39 is 0 Å². The molecule has 1 saturated heterocycles. The van der Waals surface area contributed by atoms with Gasteiger partial charge in [0.05, 0.1) is 19.1 Å². The summed E-state index contributed by atoms with van der Waals surface area (Å²) in [6.07, 6.45) is 2.47. The molecule has 1 N–H and O–H groups in total. The zero-order valence-corrected chi connectivity index (χ0v) is 17.2. The molecule has 0 radical (unpaired) electrons. The molecule has 152 valence electrons. The molecule has 2 aliphatic rings. The molecule has 2 aromatic carbocycles. The summed E-state index contributed by atoms with van der Waals surface area (Å²) < 4.78 is 5.46. The van der Waals surface area contributed by atoms with E-state index in [1.807, 2.05) is 6.07 Å². The Labute approximate surface area is 173 Å². The number of hydrogen-bond donors (Lipinski definition) is 1. The Morgan fingerprint density at radius 2 is 2.03 bits per heavy atom. The minimum absolute atomic E-state index is 0.0934. The van der Waals surface area contributed by atoms with Crippen molar-refractivity contribution < 1.29 is 9.53 Å². The highest BCUT2D eigenvalue weighted by atomic mass is 16.5. The molecule has 0 aliphatic carbocycles. The van der Waals surface area contributed by atoms with Gasteiger partial charge >= 0.3 is 0 Å². The second-order valence-corrected chi connectivity index (χ2v) is 7.88. The molecule has 2 aromatic rings. The first kappa shape index (κ1) is 19.4. The summed E-state index contributed by atoms with van der Waals surface area (Å²) >= 11 is 0. The maximum Gasteiger partial charge on any atom is 0.225 e. The lowest BCUT2D eigenvalue weighted by Gasteiger charge is -2.49. The molecule has 1 fully saturated rings. The molecule has 0 aromatic heterocycles. The number of methoxy groups -OCH3 is 1. The van der Waals surface area contributed by atoms with Gasteiger partial charge in [-0.3, -0.25) is 4.79 Å². The van der Waals surface area contributed by atoms with E-state index in [0.29, 0.717) is 6.54 Å². The normalized spacial score (nSPS) is 20.5. The van der Waals surface area contributed by atoms with Gasteiger partial charge in [-0.05, 0) is 37.1 Å². The van der Waals surface area contributed by atoms with Crippen LogP contribution < -0.4 is 19.9 Å². The van der Waals surface area contributed by atoms with Crippen molar-refractivity contribution in [3.63, 3.8) is 0 Å². The highest BCUT2D eigenvalue weighted by molar-refractivity contribution is 5.82. The largest absolute Gasteiger partial charge is 0.497 e. The third-order valence-electron chi connectivity index (χ3n) is 6.08. The topological polar surface area (TPSA) is 44.8 Å². The van der Waals surface area contributed by atoms with E-state index in [4.69, 9.17) is 4.74 Å². The lowest BCUT2D eigenvalue weighted by Crippen LogP contribution is -2.61. The zero-order valence-electron chi connectivity index (χ0n) is 17.2. The molecular weight excluding hydrogens is 362 g/mol. The number of rotatable bonds is 5. The van der Waals surface area contributed by atoms with Crippen LogP contribution in [0.25, 0.3) is 0 Å². The maximum absolute atomic E-state index is 13.0. The lowest BCUT2D eigenvalue weighted by atomic mass is 9.83. The van der Waals surface area contributed by atoms with E-state index in [9.17, 15) is 4.79 Å². The number of hydrogen-bond acceptors (Lipinski definition) is 4. The number of amides is 1. The molecule has 2 atom stereocenters. The number of benzene rings is 2. The third-order valence-corrected chi connectivity index (χ3v) is 6.08. The van der Waals surface area contributed by atoms with Gasteiger partial charge in [-0.15, -0.1) is 6.58 Å². The van der Waals surface area contributed by atoms with E-state index in [1.54, 1.807) is 13.2 Å². The molecular formula is C24H29N3O2. The van der Waals surface area contributed by atoms with Crippen LogP contribution in [0.3, 0.4) is 0 Å². The molecule has 5 nitrogen and oxygen atoms in total. The van der Waals surface area contributed by atoms with Crippen molar-refractivity contribution in [1.82, 2.24) is 5.32 Å². The monoisotopic (exact) mass is 391 g/mol. The molecule has 0 unspecified atom stereocenters. The summed E-state index contributed by atoms with van der Waals surface area (Å²) in [5, 5.41) is 3.02. The van der Waals surface area contributed by atoms with E-state index in [1.165, 1.54) is 22.5 Å². The molecule has 0 bridgehead atoms. The van der Waals surface area contributed by atoms with Crippen LogP contribution in [-0.4, -0.2) is 45.2 Å². The molecule has 4 rings (SSSR count). The highest BCUT2D eigenvalue weighted by Gasteiger charge is 2.41. The molecule has 2 aliphatic heterocycles. The molecule has 5 heteroatoms. The first-order valence-corrected chi connectivity index (χ1v) is 10.2. The minimum Gasteiger partial charge on any atom is -0.497 e. The average Bonchev–Trinajstić information content (AvgIpc) is 2.76. The number of piperazine rings is 1. The van der Waals surface area contributed by atoms with Crippen LogP contribution >= 0.6 is 0 Å². The van der Waals surface area contributed by atoms with Gasteiger partial charge in [0.15, 0.2) is 0 Å². The van der Waals surface area contributed by atoms with Crippen molar-refractivity contribution >= 4 is 17.3 Å². The highest BCUT2D eigenvalue weighted by Crippen LogP contribution is 2.38. The first-order chi connectivity index (χ1) is 14.1. The van der Waals surface area contributed by atoms with Gasteiger partial charge in [0.25, 0.3) is 0 Å². The fourth-order valence-corrected chi connectivity index (χ4v) is 4.50. The Balaban J connectivity index is 1.65. The summed E-state index contributed by atoms with van der Waals surface area (Å²) in [7, 11) is 1.70. The molecule has 0 spiro atoms. The van der Waals surface area contributed by atoms with Gasteiger partial charge in [0.2, 0.25) is 5.91 Å². The summed E-state index contributed by atoms with van der Waals surface area (Å²) in [5.74, 6) is 0.870. The van der Waals surface area contributed by atoms with E-state index in [2.05, 4.69) is 65.0 Å². The van der Waals surface area contributed by atoms with Gasteiger partial charge in [-0.25, -0.2) is 0 Å². The Morgan fingerprint density at radius 1 is 1.24 bits per heavy atom. The van der Waals surface area contributed by atoms with E-state index >= 15 is 0 Å². The summed E-state index contributed by atoms with van der Waals surface area (Å²) in [4.78, 5) is 17.8. The second-order valence-electron chi connectivity index (χ2n) is 7.88. The number of nitrogens with zero attached hydrogens (tertiary/aromatic N) is 2. The average molecular weight is 392 g/mol. The standard InChI is InChI=1S/C24H29N3O2/c1-4-11-25-24(28)21-14-18-7-10-20(29-3)15-22(18)27-13-12-26(16-23(21)27)19-8-5-17(2)6-9-19/h4-10,15,21,23H,1,11-14,16H2,2-3H3,(H,25,28)/t21-,23+/m1/s1. The Hall–Kier alpha value is -2.95. The van der Waals surface area contributed by atoms with Crippen LogP contribution in [0.4, 0.5) is 11.4 Å². The fraction of sp³-hybridized carbons (Fsp3) is 0.375. The van der Waals surface area contributed by atoms with Crippen LogP contribution in [0.5, 0.6) is 5.75 Å². The van der Waals surface area contributed by atoms with Crippen molar-refractivity contribution in [1.29, 1.82) is 0 Å². The van der Waals surface area contributed by atoms with Gasteiger partial charge in [0.1, 0.15) is 5.75 Å². The number of ether oxygens (including phenoxy) is 1. The molecule has 1 amide bonds. The molecule has 29 heavy (non-hydrogen) atoms. The lowest BCUT2D eigenvalue weighted by molar-refractivity contribution is -0.125. The van der Waals surface area contributed by atoms with Crippen LogP contribution in [0.15, 0.2) is 55.1 Å². The zero-order chi connectivity index (χ0) is 20.4. The number of anilines is 2. The van der Waals surface area contributed by atoms with Crippen molar-refractivity contribution in [2.24, 2.45) is 5.92 Å². The number of fused-ring (bicyclic) bond motifs is 3. The summed E-state index contributed by atoms with van der Waals surface area (Å²) in [6, 6.07) is 15.0.